The van der Waals surface area contributed by atoms with Crippen LogP contribution in [0.25, 0.3) is 0 Å². The van der Waals surface area contributed by atoms with Gasteiger partial charge in [0.25, 0.3) is 0 Å². The molecule has 0 saturated carbocycles. The Morgan fingerprint density at radius 1 is 1.09 bits per heavy atom. The molecule has 0 aliphatic rings. The minimum absolute atomic E-state index is 0.115. The second-order valence-electron chi connectivity index (χ2n) is 6.16. The van der Waals surface area contributed by atoms with Crippen molar-refractivity contribution in [2.24, 2.45) is 0 Å². The zero-order valence-corrected chi connectivity index (χ0v) is 14.3. The molecule has 0 N–H and O–H groups in total. The van der Waals surface area contributed by atoms with Crippen molar-refractivity contribution in [2.45, 2.75) is 32.8 Å². The Balaban J connectivity index is 2.15. The topological polar surface area (TPSA) is 26.3 Å². The summed E-state index contributed by atoms with van der Waals surface area (Å²) < 4.78 is 5.70. The minimum atomic E-state index is 0.115. The van der Waals surface area contributed by atoms with Crippen molar-refractivity contribution in [3.63, 3.8) is 0 Å². The van der Waals surface area contributed by atoms with Gasteiger partial charge in [-0.1, -0.05) is 68.2 Å². The highest BCUT2D eigenvalue weighted by molar-refractivity contribution is 6.36. The molecule has 4 heteroatoms. The third kappa shape index (κ3) is 4.02. The van der Waals surface area contributed by atoms with Crippen molar-refractivity contribution in [3.05, 3.63) is 63.1 Å². The standard InChI is InChI=1S/C18H18Cl2O2/c1-18(2,3)14-6-4-12(5-7-14)11-22-17-13(10-21)8-15(19)9-16(17)20/h4-10H,11H2,1-3H3. The van der Waals surface area contributed by atoms with Gasteiger partial charge in [0.2, 0.25) is 0 Å². The van der Waals surface area contributed by atoms with Gasteiger partial charge in [-0.25, -0.2) is 0 Å². The fourth-order valence-corrected chi connectivity index (χ4v) is 2.64. The van der Waals surface area contributed by atoms with Gasteiger partial charge in [-0.15, -0.1) is 0 Å². The molecule has 0 spiro atoms. The van der Waals surface area contributed by atoms with Crippen molar-refractivity contribution >= 4 is 29.5 Å². The highest BCUT2D eigenvalue weighted by Crippen LogP contribution is 2.32. The number of carbonyl (C=O) groups excluding carboxylic acids is 1. The number of aldehydes is 1. The normalized spacial score (nSPS) is 11.3. The average molecular weight is 337 g/mol. The first-order valence-corrected chi connectivity index (χ1v) is 7.73. The lowest BCUT2D eigenvalue weighted by Crippen LogP contribution is -2.10. The van der Waals surface area contributed by atoms with E-state index >= 15 is 0 Å². The maximum atomic E-state index is 11.1. The highest BCUT2D eigenvalue weighted by Gasteiger charge is 2.14. The van der Waals surface area contributed by atoms with Gasteiger partial charge in [0.15, 0.2) is 6.29 Å². The van der Waals surface area contributed by atoms with Crippen molar-refractivity contribution in [3.8, 4) is 5.75 Å². The Morgan fingerprint density at radius 2 is 1.73 bits per heavy atom. The number of hydrogen-bond donors (Lipinski definition) is 0. The quantitative estimate of drug-likeness (QED) is 0.671. The van der Waals surface area contributed by atoms with E-state index in [1.54, 1.807) is 12.1 Å². The van der Waals surface area contributed by atoms with Gasteiger partial charge in [0.1, 0.15) is 12.4 Å². The molecule has 0 unspecified atom stereocenters. The molecule has 2 nitrogen and oxygen atoms in total. The van der Waals surface area contributed by atoms with E-state index in [0.717, 1.165) is 5.56 Å². The van der Waals surface area contributed by atoms with Crippen LogP contribution in [0, 0.1) is 0 Å². The molecule has 22 heavy (non-hydrogen) atoms. The molecule has 116 valence electrons. The molecule has 0 heterocycles. The molecule has 2 aromatic rings. The molecule has 0 saturated heterocycles. The Morgan fingerprint density at radius 3 is 2.27 bits per heavy atom. The van der Waals surface area contributed by atoms with Crippen LogP contribution in [0.2, 0.25) is 10.0 Å². The van der Waals surface area contributed by atoms with Crippen LogP contribution >= 0.6 is 23.2 Å². The summed E-state index contributed by atoms with van der Waals surface area (Å²) >= 11 is 12.0. The molecule has 0 aliphatic heterocycles. The predicted octanol–water partition coefficient (Wildman–Crippen LogP) is 5.68. The van der Waals surface area contributed by atoms with Crippen LogP contribution in [0.5, 0.6) is 5.75 Å². The van der Waals surface area contributed by atoms with Crippen LogP contribution < -0.4 is 4.74 Å². The zero-order chi connectivity index (χ0) is 16.3. The summed E-state index contributed by atoms with van der Waals surface area (Å²) in [6.07, 6.45) is 0.690. The molecule has 0 atom stereocenters. The third-order valence-electron chi connectivity index (χ3n) is 3.37. The van der Waals surface area contributed by atoms with Crippen LogP contribution in [0.3, 0.4) is 0 Å². The number of carbonyl (C=O) groups is 1. The van der Waals surface area contributed by atoms with E-state index in [1.165, 1.54) is 5.56 Å². The highest BCUT2D eigenvalue weighted by atomic mass is 35.5. The summed E-state index contributed by atoms with van der Waals surface area (Å²) in [4.78, 5) is 11.1. The van der Waals surface area contributed by atoms with Crippen LogP contribution in [-0.4, -0.2) is 6.29 Å². The van der Waals surface area contributed by atoms with Gasteiger partial charge in [0, 0.05) is 5.02 Å². The van der Waals surface area contributed by atoms with Crippen molar-refractivity contribution in [1.82, 2.24) is 0 Å². The molecule has 0 radical (unpaired) electrons. The smallest absolute Gasteiger partial charge is 0.153 e. The Bertz CT molecular complexity index is 671. The molecule has 0 fully saturated rings. The fraction of sp³-hybridized carbons (Fsp3) is 0.278. The van der Waals surface area contributed by atoms with Gasteiger partial charge < -0.3 is 4.74 Å². The fourth-order valence-electron chi connectivity index (χ4n) is 2.08. The lowest BCUT2D eigenvalue weighted by Gasteiger charge is -2.19. The van der Waals surface area contributed by atoms with Crippen molar-refractivity contribution in [1.29, 1.82) is 0 Å². The van der Waals surface area contributed by atoms with E-state index in [2.05, 4.69) is 32.9 Å². The molecule has 0 bridgehead atoms. The Labute approximate surface area is 141 Å². The van der Waals surface area contributed by atoms with E-state index in [-0.39, 0.29) is 5.41 Å². The van der Waals surface area contributed by atoms with Crippen LogP contribution in [-0.2, 0) is 12.0 Å². The molecular weight excluding hydrogens is 319 g/mol. The van der Waals surface area contributed by atoms with Crippen LogP contribution in [0.15, 0.2) is 36.4 Å². The second-order valence-corrected chi connectivity index (χ2v) is 7.00. The Hall–Kier alpha value is -1.51. The Kier molecular flexibility index (Phi) is 5.15. The number of benzene rings is 2. The zero-order valence-electron chi connectivity index (χ0n) is 12.8. The maximum absolute atomic E-state index is 11.1. The second kappa shape index (κ2) is 6.72. The predicted molar refractivity (Wildman–Crippen MR) is 91.3 cm³/mol. The summed E-state index contributed by atoms with van der Waals surface area (Å²) in [7, 11) is 0. The minimum Gasteiger partial charge on any atom is -0.487 e. The van der Waals surface area contributed by atoms with Crippen LogP contribution in [0.4, 0.5) is 0 Å². The SMILES string of the molecule is CC(C)(C)c1ccc(COc2c(Cl)cc(Cl)cc2C=O)cc1. The molecule has 2 rings (SSSR count). The first kappa shape index (κ1) is 16.9. The molecule has 2 aromatic carbocycles. The van der Waals surface area contributed by atoms with E-state index in [9.17, 15) is 4.79 Å². The number of hydrogen-bond acceptors (Lipinski definition) is 2. The summed E-state index contributed by atoms with van der Waals surface area (Å²) in [6, 6.07) is 11.3. The van der Waals surface area contributed by atoms with Crippen molar-refractivity contribution < 1.29 is 9.53 Å². The van der Waals surface area contributed by atoms with Gasteiger partial charge >= 0.3 is 0 Å². The van der Waals surface area contributed by atoms with Gasteiger partial charge in [-0.3, -0.25) is 4.79 Å². The molecule has 0 amide bonds. The summed E-state index contributed by atoms with van der Waals surface area (Å²) in [5.74, 6) is 0.362. The lowest BCUT2D eigenvalue weighted by molar-refractivity contribution is 0.111. The van der Waals surface area contributed by atoms with E-state index in [4.69, 9.17) is 27.9 Å². The lowest BCUT2D eigenvalue weighted by atomic mass is 9.87. The number of ether oxygens (including phenoxy) is 1. The number of rotatable bonds is 4. The van der Waals surface area contributed by atoms with E-state index in [0.29, 0.717) is 34.3 Å². The first-order chi connectivity index (χ1) is 10.3. The largest absolute Gasteiger partial charge is 0.487 e. The third-order valence-corrected chi connectivity index (χ3v) is 3.87. The summed E-state index contributed by atoms with van der Waals surface area (Å²) in [6.45, 7) is 6.85. The molecule has 0 aromatic heterocycles. The summed E-state index contributed by atoms with van der Waals surface area (Å²) in [5.41, 5.74) is 2.73. The van der Waals surface area contributed by atoms with Gasteiger partial charge in [-0.05, 0) is 28.7 Å². The van der Waals surface area contributed by atoms with Gasteiger partial charge in [-0.2, -0.15) is 0 Å². The summed E-state index contributed by atoms with van der Waals surface area (Å²) in [5, 5.41) is 0.745. The van der Waals surface area contributed by atoms with Gasteiger partial charge in [0.05, 0.1) is 10.6 Å². The average Bonchev–Trinajstić information content (AvgIpc) is 2.45. The maximum Gasteiger partial charge on any atom is 0.153 e. The number of halogens is 2. The molecular formula is C18H18Cl2O2. The monoisotopic (exact) mass is 336 g/mol. The van der Waals surface area contributed by atoms with E-state index < -0.39 is 0 Å². The van der Waals surface area contributed by atoms with Crippen molar-refractivity contribution in [2.75, 3.05) is 0 Å². The van der Waals surface area contributed by atoms with E-state index in [1.807, 2.05) is 12.1 Å². The van der Waals surface area contributed by atoms with Crippen LogP contribution in [0.1, 0.15) is 42.3 Å². The molecule has 0 aliphatic carbocycles. The first-order valence-electron chi connectivity index (χ1n) is 6.97.